The Hall–Kier alpha value is -0.610. The molecule has 0 aliphatic carbocycles. The maximum atomic E-state index is 11.2. The van der Waals surface area contributed by atoms with E-state index in [2.05, 4.69) is 5.32 Å². The van der Waals surface area contributed by atoms with Crippen LogP contribution in [-0.2, 0) is 9.53 Å². The van der Waals surface area contributed by atoms with Gasteiger partial charge in [-0.3, -0.25) is 4.79 Å². The zero-order valence-corrected chi connectivity index (χ0v) is 7.46. The predicted octanol–water partition coefficient (Wildman–Crippen LogP) is -0.480. The van der Waals surface area contributed by atoms with Gasteiger partial charge in [0, 0.05) is 6.54 Å². The molecule has 1 amide bonds. The molecule has 1 rings (SSSR count). The zero-order chi connectivity index (χ0) is 9.19. The summed E-state index contributed by atoms with van der Waals surface area (Å²) in [6, 6.07) is 0. The summed E-state index contributed by atoms with van der Waals surface area (Å²) in [5.41, 5.74) is -1.26. The highest BCUT2D eigenvalue weighted by Gasteiger charge is 2.43. The number of carbonyl (C=O) groups excluding carboxylic acids is 1. The van der Waals surface area contributed by atoms with Gasteiger partial charge in [-0.05, 0) is 5.92 Å². The number of aliphatic hydroxyl groups is 1. The fourth-order valence-electron chi connectivity index (χ4n) is 0.888. The summed E-state index contributed by atoms with van der Waals surface area (Å²) >= 11 is 0. The van der Waals surface area contributed by atoms with E-state index in [-0.39, 0.29) is 19.1 Å². The molecule has 0 saturated carbocycles. The van der Waals surface area contributed by atoms with Gasteiger partial charge in [0.25, 0.3) is 5.91 Å². The fraction of sp³-hybridized carbons (Fsp3) is 0.875. The molecular weight excluding hydrogens is 158 g/mol. The van der Waals surface area contributed by atoms with Gasteiger partial charge in [0.2, 0.25) is 0 Å². The van der Waals surface area contributed by atoms with Gasteiger partial charge < -0.3 is 15.2 Å². The van der Waals surface area contributed by atoms with Crippen LogP contribution in [0.25, 0.3) is 0 Å². The summed E-state index contributed by atoms with van der Waals surface area (Å²) in [6.45, 7) is 4.85. The first-order chi connectivity index (χ1) is 5.54. The van der Waals surface area contributed by atoms with Crippen LogP contribution in [0, 0.1) is 5.92 Å². The summed E-state index contributed by atoms with van der Waals surface area (Å²) in [6.07, 6.45) is 0. The molecule has 1 aliphatic heterocycles. The number of rotatable bonds is 3. The third kappa shape index (κ3) is 1.95. The quantitative estimate of drug-likeness (QED) is 0.606. The van der Waals surface area contributed by atoms with Gasteiger partial charge in [-0.1, -0.05) is 13.8 Å². The van der Waals surface area contributed by atoms with Crippen LogP contribution >= 0.6 is 0 Å². The lowest BCUT2D eigenvalue weighted by Gasteiger charge is -2.34. The second-order valence-corrected chi connectivity index (χ2v) is 3.63. The van der Waals surface area contributed by atoms with E-state index in [1.54, 1.807) is 0 Å². The third-order valence-electron chi connectivity index (χ3n) is 1.78. The van der Waals surface area contributed by atoms with E-state index in [0.717, 1.165) is 0 Å². The van der Waals surface area contributed by atoms with E-state index >= 15 is 0 Å². The van der Waals surface area contributed by atoms with Crippen molar-refractivity contribution >= 4 is 5.91 Å². The number of carbonyl (C=O) groups is 1. The van der Waals surface area contributed by atoms with E-state index < -0.39 is 5.60 Å². The van der Waals surface area contributed by atoms with E-state index in [1.165, 1.54) is 0 Å². The molecule has 0 aromatic rings. The van der Waals surface area contributed by atoms with Gasteiger partial charge in [0.1, 0.15) is 0 Å². The van der Waals surface area contributed by atoms with Crippen molar-refractivity contribution in [2.75, 3.05) is 19.8 Å². The molecular formula is C8H15NO3. The van der Waals surface area contributed by atoms with E-state index in [1.807, 2.05) is 13.8 Å². The first-order valence-corrected chi connectivity index (χ1v) is 4.13. The smallest absolute Gasteiger partial charge is 0.256 e. The number of hydrogen-bond acceptors (Lipinski definition) is 3. The van der Waals surface area contributed by atoms with Crippen molar-refractivity contribution < 1.29 is 14.6 Å². The lowest BCUT2D eigenvalue weighted by Crippen LogP contribution is -2.60. The van der Waals surface area contributed by atoms with E-state index in [0.29, 0.717) is 12.5 Å². The maximum Gasteiger partial charge on any atom is 0.256 e. The van der Waals surface area contributed by atoms with Crippen LogP contribution in [0.1, 0.15) is 13.8 Å². The van der Waals surface area contributed by atoms with Crippen LogP contribution in [0.5, 0.6) is 0 Å². The molecule has 12 heavy (non-hydrogen) atoms. The maximum absolute atomic E-state index is 11.2. The van der Waals surface area contributed by atoms with Crippen LogP contribution < -0.4 is 5.32 Å². The Morgan fingerprint density at radius 1 is 1.67 bits per heavy atom. The summed E-state index contributed by atoms with van der Waals surface area (Å²) in [4.78, 5) is 11.2. The first kappa shape index (κ1) is 9.48. The van der Waals surface area contributed by atoms with Crippen molar-refractivity contribution in [1.29, 1.82) is 0 Å². The van der Waals surface area contributed by atoms with Crippen LogP contribution in [0.3, 0.4) is 0 Å². The Morgan fingerprint density at radius 2 is 2.25 bits per heavy atom. The van der Waals surface area contributed by atoms with Crippen molar-refractivity contribution in [3.63, 3.8) is 0 Å². The Kier molecular flexibility index (Phi) is 2.69. The van der Waals surface area contributed by atoms with Crippen molar-refractivity contribution in [2.45, 2.75) is 19.4 Å². The highest BCUT2D eigenvalue weighted by molar-refractivity contribution is 5.86. The van der Waals surface area contributed by atoms with Crippen molar-refractivity contribution in [3.05, 3.63) is 0 Å². The van der Waals surface area contributed by atoms with E-state index in [4.69, 9.17) is 4.74 Å². The predicted molar refractivity (Wildman–Crippen MR) is 43.6 cm³/mol. The standard InChI is InChI=1S/C8H15NO3/c1-6(2)3-9-7(10)8(11)4-12-5-8/h6,11H,3-5H2,1-2H3,(H,9,10). The molecule has 1 saturated heterocycles. The Morgan fingerprint density at radius 3 is 2.58 bits per heavy atom. The van der Waals surface area contributed by atoms with Crippen LogP contribution in [0.2, 0.25) is 0 Å². The molecule has 0 radical (unpaired) electrons. The summed E-state index contributed by atoms with van der Waals surface area (Å²) in [7, 11) is 0. The molecule has 0 bridgehead atoms. The molecule has 70 valence electrons. The van der Waals surface area contributed by atoms with Crippen LogP contribution in [-0.4, -0.2) is 36.4 Å². The minimum Gasteiger partial charge on any atom is -0.376 e. The average Bonchev–Trinajstić information content (AvgIpc) is 1.95. The molecule has 1 fully saturated rings. The van der Waals surface area contributed by atoms with Crippen LogP contribution in [0.15, 0.2) is 0 Å². The van der Waals surface area contributed by atoms with Gasteiger partial charge >= 0.3 is 0 Å². The Balaban J connectivity index is 2.28. The monoisotopic (exact) mass is 173 g/mol. The molecule has 0 unspecified atom stereocenters. The lowest BCUT2D eigenvalue weighted by molar-refractivity contribution is -0.190. The lowest BCUT2D eigenvalue weighted by atomic mass is 10.0. The summed E-state index contributed by atoms with van der Waals surface area (Å²) < 4.78 is 4.75. The zero-order valence-electron chi connectivity index (χ0n) is 7.46. The molecule has 0 spiro atoms. The average molecular weight is 173 g/mol. The van der Waals surface area contributed by atoms with E-state index in [9.17, 15) is 9.90 Å². The number of ether oxygens (including phenoxy) is 1. The molecule has 0 aromatic heterocycles. The van der Waals surface area contributed by atoms with Gasteiger partial charge in [-0.25, -0.2) is 0 Å². The minimum atomic E-state index is -1.26. The normalized spacial score (nSPS) is 20.3. The number of nitrogens with one attached hydrogen (secondary N) is 1. The molecule has 1 heterocycles. The third-order valence-corrected chi connectivity index (χ3v) is 1.78. The SMILES string of the molecule is CC(C)CNC(=O)C1(O)COC1. The highest BCUT2D eigenvalue weighted by Crippen LogP contribution is 2.16. The summed E-state index contributed by atoms with van der Waals surface area (Å²) in [5, 5.41) is 12.1. The Bertz CT molecular complexity index is 175. The Labute approximate surface area is 71.9 Å². The first-order valence-electron chi connectivity index (χ1n) is 4.13. The second-order valence-electron chi connectivity index (χ2n) is 3.63. The van der Waals surface area contributed by atoms with Gasteiger partial charge in [0.05, 0.1) is 13.2 Å². The fourth-order valence-corrected chi connectivity index (χ4v) is 0.888. The molecule has 2 N–H and O–H groups in total. The van der Waals surface area contributed by atoms with Gasteiger partial charge in [-0.2, -0.15) is 0 Å². The van der Waals surface area contributed by atoms with Crippen LogP contribution in [0.4, 0.5) is 0 Å². The minimum absolute atomic E-state index is 0.122. The second kappa shape index (κ2) is 3.41. The molecule has 0 aromatic carbocycles. The molecule has 4 nitrogen and oxygen atoms in total. The van der Waals surface area contributed by atoms with Crippen molar-refractivity contribution in [1.82, 2.24) is 5.32 Å². The van der Waals surface area contributed by atoms with Crippen molar-refractivity contribution in [2.24, 2.45) is 5.92 Å². The van der Waals surface area contributed by atoms with Gasteiger partial charge in [0.15, 0.2) is 5.60 Å². The highest BCUT2D eigenvalue weighted by atomic mass is 16.5. The van der Waals surface area contributed by atoms with Crippen molar-refractivity contribution in [3.8, 4) is 0 Å². The number of hydrogen-bond donors (Lipinski definition) is 2. The molecule has 4 heteroatoms. The largest absolute Gasteiger partial charge is 0.376 e. The summed E-state index contributed by atoms with van der Waals surface area (Å²) in [5.74, 6) is 0.0843. The number of amides is 1. The topological polar surface area (TPSA) is 58.6 Å². The van der Waals surface area contributed by atoms with Gasteiger partial charge in [-0.15, -0.1) is 0 Å². The molecule has 1 aliphatic rings. The molecule has 0 atom stereocenters.